The standard InChI is InChI=1S/C15H19FO3/c1-5-9(2)13(17)10-6-11(16)14-12(7-10)19-15(3,4)8-18-14/h6-7,9H,5,8H2,1-4H3/t9-/m1/s1. The minimum absolute atomic E-state index is 0.0730. The van der Waals surface area contributed by atoms with Crippen molar-refractivity contribution in [3.8, 4) is 11.5 Å². The van der Waals surface area contributed by atoms with Gasteiger partial charge in [-0.15, -0.1) is 0 Å². The second kappa shape index (κ2) is 4.83. The summed E-state index contributed by atoms with van der Waals surface area (Å²) in [5.74, 6) is -0.339. The Morgan fingerprint density at radius 2 is 2.16 bits per heavy atom. The molecule has 1 atom stereocenters. The van der Waals surface area contributed by atoms with E-state index < -0.39 is 11.4 Å². The number of hydrogen-bond donors (Lipinski definition) is 0. The lowest BCUT2D eigenvalue weighted by atomic mass is 9.96. The maximum atomic E-state index is 14.0. The van der Waals surface area contributed by atoms with Crippen LogP contribution in [0.5, 0.6) is 11.5 Å². The fraction of sp³-hybridized carbons (Fsp3) is 0.533. The highest BCUT2D eigenvalue weighted by Crippen LogP contribution is 2.38. The Bertz CT molecular complexity index is 508. The number of Topliss-reactive ketones (excluding diaryl/α,β-unsaturated/α-hetero) is 1. The van der Waals surface area contributed by atoms with E-state index in [9.17, 15) is 9.18 Å². The number of ketones is 1. The summed E-state index contributed by atoms with van der Waals surface area (Å²) in [6.07, 6.45) is 0.723. The second-order valence-corrected chi connectivity index (χ2v) is 5.61. The zero-order valence-corrected chi connectivity index (χ0v) is 11.7. The summed E-state index contributed by atoms with van der Waals surface area (Å²) in [6.45, 7) is 7.77. The minimum atomic E-state index is -0.542. The number of hydrogen-bond acceptors (Lipinski definition) is 3. The summed E-state index contributed by atoms with van der Waals surface area (Å²) in [4.78, 5) is 12.1. The van der Waals surface area contributed by atoms with Crippen molar-refractivity contribution in [2.75, 3.05) is 6.61 Å². The molecule has 1 aromatic rings. The monoisotopic (exact) mass is 266 g/mol. The van der Waals surface area contributed by atoms with Crippen LogP contribution in [0.3, 0.4) is 0 Å². The van der Waals surface area contributed by atoms with E-state index in [4.69, 9.17) is 9.47 Å². The minimum Gasteiger partial charge on any atom is -0.483 e. The van der Waals surface area contributed by atoms with Crippen LogP contribution >= 0.6 is 0 Å². The first kappa shape index (κ1) is 13.8. The van der Waals surface area contributed by atoms with Gasteiger partial charge in [-0.05, 0) is 32.4 Å². The molecule has 0 spiro atoms. The molecule has 0 aliphatic carbocycles. The average molecular weight is 266 g/mol. The zero-order valence-electron chi connectivity index (χ0n) is 11.7. The molecule has 4 heteroatoms. The summed E-state index contributed by atoms with van der Waals surface area (Å²) in [5.41, 5.74) is -0.177. The van der Waals surface area contributed by atoms with E-state index in [1.807, 2.05) is 27.7 Å². The fourth-order valence-electron chi connectivity index (χ4n) is 1.97. The molecule has 0 aromatic heterocycles. The van der Waals surface area contributed by atoms with Gasteiger partial charge in [-0.1, -0.05) is 13.8 Å². The molecule has 0 saturated heterocycles. The Morgan fingerprint density at radius 3 is 2.79 bits per heavy atom. The number of fused-ring (bicyclic) bond motifs is 1. The van der Waals surface area contributed by atoms with Crippen LogP contribution in [0, 0.1) is 11.7 Å². The van der Waals surface area contributed by atoms with Crippen LogP contribution in [0.1, 0.15) is 44.5 Å². The number of benzene rings is 1. The van der Waals surface area contributed by atoms with Gasteiger partial charge in [-0.25, -0.2) is 4.39 Å². The molecule has 0 fully saturated rings. The van der Waals surface area contributed by atoms with Gasteiger partial charge < -0.3 is 9.47 Å². The van der Waals surface area contributed by atoms with E-state index in [0.717, 1.165) is 6.42 Å². The van der Waals surface area contributed by atoms with Gasteiger partial charge in [0.1, 0.15) is 12.2 Å². The van der Waals surface area contributed by atoms with Crippen LogP contribution in [0.4, 0.5) is 4.39 Å². The molecule has 0 amide bonds. The Balaban J connectivity index is 2.40. The fourth-order valence-corrected chi connectivity index (χ4v) is 1.97. The van der Waals surface area contributed by atoms with Crippen molar-refractivity contribution >= 4 is 5.78 Å². The molecular weight excluding hydrogens is 247 g/mol. The van der Waals surface area contributed by atoms with Gasteiger partial charge in [0.2, 0.25) is 0 Å². The van der Waals surface area contributed by atoms with Crippen LogP contribution < -0.4 is 9.47 Å². The van der Waals surface area contributed by atoms with Crippen LogP contribution in [0.15, 0.2) is 12.1 Å². The molecule has 0 saturated carbocycles. The molecule has 0 bridgehead atoms. The summed E-state index contributed by atoms with van der Waals surface area (Å²) >= 11 is 0. The molecule has 0 radical (unpaired) electrons. The molecule has 1 aromatic carbocycles. The molecule has 1 aliphatic rings. The average Bonchev–Trinajstić information content (AvgIpc) is 2.35. The highest BCUT2D eigenvalue weighted by molar-refractivity contribution is 5.98. The summed E-state index contributed by atoms with van der Waals surface area (Å²) < 4.78 is 25.0. The van der Waals surface area contributed by atoms with Crippen molar-refractivity contribution in [3.63, 3.8) is 0 Å². The Kier molecular flexibility index (Phi) is 3.52. The van der Waals surface area contributed by atoms with Crippen LogP contribution in [-0.2, 0) is 0 Å². The Morgan fingerprint density at radius 1 is 1.47 bits per heavy atom. The molecule has 19 heavy (non-hydrogen) atoms. The summed E-state index contributed by atoms with van der Waals surface area (Å²) in [5, 5.41) is 0. The van der Waals surface area contributed by atoms with Crippen molar-refractivity contribution in [1.29, 1.82) is 0 Å². The zero-order chi connectivity index (χ0) is 14.2. The third-order valence-electron chi connectivity index (χ3n) is 3.30. The predicted molar refractivity (Wildman–Crippen MR) is 70.4 cm³/mol. The van der Waals surface area contributed by atoms with Crippen molar-refractivity contribution in [2.24, 2.45) is 5.92 Å². The molecule has 1 aliphatic heterocycles. The van der Waals surface area contributed by atoms with Crippen molar-refractivity contribution in [1.82, 2.24) is 0 Å². The van der Waals surface area contributed by atoms with E-state index in [0.29, 0.717) is 11.3 Å². The van der Waals surface area contributed by atoms with Gasteiger partial charge in [0, 0.05) is 11.5 Å². The second-order valence-electron chi connectivity index (χ2n) is 5.61. The molecule has 0 unspecified atom stereocenters. The first-order chi connectivity index (χ1) is 8.84. The topological polar surface area (TPSA) is 35.5 Å². The van der Waals surface area contributed by atoms with Crippen LogP contribution in [0.25, 0.3) is 0 Å². The third-order valence-corrected chi connectivity index (χ3v) is 3.30. The van der Waals surface area contributed by atoms with E-state index in [1.54, 1.807) is 6.07 Å². The van der Waals surface area contributed by atoms with Gasteiger partial charge in [-0.3, -0.25) is 4.79 Å². The number of rotatable bonds is 3. The number of carbonyl (C=O) groups excluding carboxylic acids is 1. The van der Waals surface area contributed by atoms with Gasteiger partial charge in [0.05, 0.1) is 0 Å². The number of carbonyl (C=O) groups is 1. The van der Waals surface area contributed by atoms with Gasteiger partial charge in [0.15, 0.2) is 23.1 Å². The van der Waals surface area contributed by atoms with Crippen molar-refractivity contribution in [3.05, 3.63) is 23.5 Å². The lowest BCUT2D eigenvalue weighted by Crippen LogP contribution is -2.39. The maximum absolute atomic E-state index is 14.0. The summed E-state index contributed by atoms with van der Waals surface area (Å²) in [6, 6.07) is 2.81. The Labute approximate surface area is 112 Å². The normalized spacial score (nSPS) is 17.9. The maximum Gasteiger partial charge on any atom is 0.197 e. The van der Waals surface area contributed by atoms with Crippen LogP contribution in [-0.4, -0.2) is 18.0 Å². The highest BCUT2D eigenvalue weighted by atomic mass is 19.1. The third kappa shape index (κ3) is 2.72. The number of halogens is 1. The van der Waals surface area contributed by atoms with Gasteiger partial charge >= 0.3 is 0 Å². The SMILES string of the molecule is CC[C@@H](C)C(=O)c1cc(F)c2c(c1)OC(C)(C)CO2. The lowest BCUT2D eigenvalue weighted by Gasteiger charge is -2.32. The smallest absolute Gasteiger partial charge is 0.197 e. The molecule has 2 rings (SSSR count). The quantitative estimate of drug-likeness (QED) is 0.784. The Hall–Kier alpha value is -1.58. The predicted octanol–water partition coefficient (Wildman–Crippen LogP) is 3.60. The molecule has 1 heterocycles. The molecule has 3 nitrogen and oxygen atoms in total. The molecule has 0 N–H and O–H groups in total. The molecular formula is C15H19FO3. The van der Waals surface area contributed by atoms with Crippen molar-refractivity contribution < 1.29 is 18.7 Å². The lowest BCUT2D eigenvalue weighted by molar-refractivity contribution is 0.0183. The molecule has 104 valence electrons. The van der Waals surface area contributed by atoms with E-state index >= 15 is 0 Å². The van der Waals surface area contributed by atoms with Crippen molar-refractivity contribution in [2.45, 2.75) is 39.7 Å². The van der Waals surface area contributed by atoms with E-state index in [-0.39, 0.29) is 24.1 Å². The van der Waals surface area contributed by atoms with Crippen LogP contribution in [0.2, 0.25) is 0 Å². The van der Waals surface area contributed by atoms with Gasteiger partial charge in [0.25, 0.3) is 0 Å². The number of ether oxygens (including phenoxy) is 2. The first-order valence-corrected chi connectivity index (χ1v) is 6.53. The van der Waals surface area contributed by atoms with Gasteiger partial charge in [-0.2, -0.15) is 0 Å². The highest BCUT2D eigenvalue weighted by Gasteiger charge is 2.31. The summed E-state index contributed by atoms with van der Waals surface area (Å²) in [7, 11) is 0. The van der Waals surface area contributed by atoms with E-state index in [1.165, 1.54) is 6.07 Å². The van der Waals surface area contributed by atoms with E-state index in [2.05, 4.69) is 0 Å². The first-order valence-electron chi connectivity index (χ1n) is 6.53. The largest absolute Gasteiger partial charge is 0.483 e.